The summed E-state index contributed by atoms with van der Waals surface area (Å²) >= 11 is 0. The minimum absolute atomic E-state index is 0.0376. The highest BCUT2D eigenvalue weighted by Crippen LogP contribution is 2.27. The molecule has 2 aromatic rings. The van der Waals surface area contributed by atoms with Gasteiger partial charge in [0.05, 0.1) is 11.2 Å². The Hall–Kier alpha value is -1.77. The van der Waals surface area contributed by atoms with E-state index in [4.69, 9.17) is 0 Å². The van der Waals surface area contributed by atoms with Crippen LogP contribution in [0, 0.1) is 0 Å². The monoisotopic (exact) mass is 258 g/mol. The summed E-state index contributed by atoms with van der Waals surface area (Å²) in [6.07, 6.45) is 1.78. The normalized spacial score (nSPS) is 11.8. The van der Waals surface area contributed by atoms with E-state index in [0.717, 1.165) is 29.7 Å². The summed E-state index contributed by atoms with van der Waals surface area (Å²) in [5.74, 6) is 0. The third kappa shape index (κ3) is 2.65. The molecule has 1 N–H and O–H groups in total. The van der Waals surface area contributed by atoms with E-state index in [-0.39, 0.29) is 11.1 Å². The molecule has 2 rings (SSSR count). The first kappa shape index (κ1) is 13.7. The van der Waals surface area contributed by atoms with E-state index >= 15 is 0 Å². The van der Waals surface area contributed by atoms with Crippen LogP contribution in [-0.4, -0.2) is 9.78 Å². The number of nitrogens with zero attached hydrogens (tertiary/aromatic N) is 1. The van der Waals surface area contributed by atoms with Crippen molar-refractivity contribution in [2.45, 2.75) is 46.1 Å². The Bertz CT molecular complexity index is 600. The third-order valence-electron chi connectivity index (χ3n) is 3.21. The van der Waals surface area contributed by atoms with Gasteiger partial charge in [-0.25, -0.2) is 0 Å². The van der Waals surface area contributed by atoms with E-state index in [9.17, 15) is 4.79 Å². The number of aromatic amines is 1. The van der Waals surface area contributed by atoms with Crippen molar-refractivity contribution in [3.63, 3.8) is 0 Å². The maximum absolute atomic E-state index is 12.2. The van der Waals surface area contributed by atoms with Crippen molar-refractivity contribution in [2.24, 2.45) is 0 Å². The van der Waals surface area contributed by atoms with Crippen LogP contribution in [0.15, 0.2) is 35.1 Å². The lowest BCUT2D eigenvalue weighted by Crippen LogP contribution is -2.25. The van der Waals surface area contributed by atoms with Gasteiger partial charge in [-0.15, -0.1) is 0 Å². The molecule has 0 aliphatic heterocycles. The molecular weight excluding hydrogens is 236 g/mol. The minimum Gasteiger partial charge on any atom is -0.279 e. The lowest BCUT2D eigenvalue weighted by atomic mass is 10.0. The van der Waals surface area contributed by atoms with Gasteiger partial charge in [0.25, 0.3) is 5.56 Å². The molecule has 0 radical (unpaired) electrons. The van der Waals surface area contributed by atoms with Crippen LogP contribution in [-0.2, 0) is 12.0 Å². The number of rotatable bonds is 3. The Morgan fingerprint density at radius 3 is 2.32 bits per heavy atom. The molecular formula is C16H22N2O. The molecule has 3 heteroatoms. The lowest BCUT2D eigenvalue weighted by molar-refractivity contribution is 0.358. The molecule has 0 bridgehead atoms. The summed E-state index contributed by atoms with van der Waals surface area (Å²) in [7, 11) is 0. The Morgan fingerprint density at radius 2 is 1.79 bits per heavy atom. The van der Waals surface area contributed by atoms with Gasteiger partial charge in [-0.05, 0) is 27.2 Å². The van der Waals surface area contributed by atoms with Crippen molar-refractivity contribution in [1.29, 1.82) is 0 Å². The average molecular weight is 258 g/mol. The topological polar surface area (TPSA) is 37.8 Å². The highest BCUT2D eigenvalue weighted by atomic mass is 16.1. The summed E-state index contributed by atoms with van der Waals surface area (Å²) < 4.78 is 2.00. The van der Waals surface area contributed by atoms with E-state index in [1.807, 2.05) is 22.9 Å². The molecule has 3 nitrogen and oxygen atoms in total. The molecule has 1 aromatic heterocycles. The molecule has 0 fully saturated rings. The first-order valence-electron chi connectivity index (χ1n) is 6.85. The number of hydrogen-bond donors (Lipinski definition) is 1. The zero-order valence-corrected chi connectivity index (χ0v) is 12.2. The molecule has 0 atom stereocenters. The van der Waals surface area contributed by atoms with Crippen LogP contribution in [0.5, 0.6) is 0 Å². The predicted octanol–water partition coefficient (Wildman–Crippen LogP) is 3.55. The average Bonchev–Trinajstić information content (AvgIpc) is 2.69. The van der Waals surface area contributed by atoms with Crippen molar-refractivity contribution >= 4 is 0 Å². The zero-order valence-electron chi connectivity index (χ0n) is 12.2. The molecule has 0 aliphatic carbocycles. The molecule has 1 heterocycles. The summed E-state index contributed by atoms with van der Waals surface area (Å²) in [6, 6.07) is 10.1. The van der Waals surface area contributed by atoms with Crippen LogP contribution in [0.1, 0.15) is 39.7 Å². The van der Waals surface area contributed by atoms with Gasteiger partial charge < -0.3 is 0 Å². The number of nitrogens with one attached hydrogen (secondary N) is 1. The van der Waals surface area contributed by atoms with Gasteiger partial charge in [0.2, 0.25) is 0 Å². The highest BCUT2D eigenvalue weighted by molar-refractivity contribution is 5.63. The van der Waals surface area contributed by atoms with Gasteiger partial charge in [-0.2, -0.15) is 0 Å². The Morgan fingerprint density at radius 1 is 1.16 bits per heavy atom. The van der Waals surface area contributed by atoms with Crippen LogP contribution >= 0.6 is 0 Å². The van der Waals surface area contributed by atoms with Crippen LogP contribution in [0.25, 0.3) is 11.3 Å². The van der Waals surface area contributed by atoms with Crippen molar-refractivity contribution in [3.05, 3.63) is 46.2 Å². The quantitative estimate of drug-likeness (QED) is 0.898. The van der Waals surface area contributed by atoms with Crippen molar-refractivity contribution in [3.8, 4) is 11.3 Å². The van der Waals surface area contributed by atoms with Crippen LogP contribution in [0.4, 0.5) is 0 Å². The maximum Gasteiger partial charge on any atom is 0.267 e. The smallest absolute Gasteiger partial charge is 0.267 e. The zero-order chi connectivity index (χ0) is 14.0. The Kier molecular flexibility index (Phi) is 3.65. The van der Waals surface area contributed by atoms with Gasteiger partial charge in [0, 0.05) is 11.1 Å². The number of hydrogen-bond acceptors (Lipinski definition) is 1. The third-order valence-corrected chi connectivity index (χ3v) is 3.21. The van der Waals surface area contributed by atoms with Gasteiger partial charge >= 0.3 is 0 Å². The van der Waals surface area contributed by atoms with Gasteiger partial charge in [0.15, 0.2) is 0 Å². The van der Waals surface area contributed by atoms with E-state index in [1.54, 1.807) is 0 Å². The standard InChI is InChI=1S/C16H22N2O/c1-5-9-13-14(12-10-7-6-8-11-12)18(16(2,3)4)17-15(13)19/h6-8,10-11H,5,9H2,1-4H3,(H,17,19). The molecule has 0 unspecified atom stereocenters. The second-order valence-electron chi connectivity index (χ2n) is 5.89. The summed E-state index contributed by atoms with van der Waals surface area (Å²) in [6.45, 7) is 8.41. The van der Waals surface area contributed by atoms with Crippen LogP contribution in [0.3, 0.4) is 0 Å². The minimum atomic E-state index is -0.143. The van der Waals surface area contributed by atoms with E-state index in [0.29, 0.717) is 0 Å². The van der Waals surface area contributed by atoms with Crippen LogP contribution < -0.4 is 5.56 Å². The highest BCUT2D eigenvalue weighted by Gasteiger charge is 2.23. The molecule has 0 aliphatic rings. The SMILES string of the molecule is CCCc1c(-c2ccccc2)n(C(C)(C)C)[nH]c1=O. The van der Waals surface area contributed by atoms with Crippen molar-refractivity contribution in [1.82, 2.24) is 9.78 Å². The molecule has 1 aromatic carbocycles. The first-order chi connectivity index (χ1) is 8.95. The van der Waals surface area contributed by atoms with Crippen molar-refractivity contribution in [2.75, 3.05) is 0 Å². The summed E-state index contributed by atoms with van der Waals surface area (Å²) in [4.78, 5) is 12.2. The number of H-pyrrole nitrogens is 1. The fourth-order valence-electron chi connectivity index (χ4n) is 2.35. The fourth-order valence-corrected chi connectivity index (χ4v) is 2.35. The molecule has 102 valence electrons. The van der Waals surface area contributed by atoms with Gasteiger partial charge in [-0.1, -0.05) is 43.7 Å². The second-order valence-corrected chi connectivity index (χ2v) is 5.89. The largest absolute Gasteiger partial charge is 0.279 e. The number of aromatic nitrogens is 2. The maximum atomic E-state index is 12.2. The predicted molar refractivity (Wildman–Crippen MR) is 79.5 cm³/mol. The summed E-state index contributed by atoms with van der Waals surface area (Å²) in [5.41, 5.74) is 2.91. The van der Waals surface area contributed by atoms with E-state index in [1.165, 1.54) is 0 Å². The van der Waals surface area contributed by atoms with Crippen LogP contribution in [0.2, 0.25) is 0 Å². The van der Waals surface area contributed by atoms with E-state index < -0.39 is 0 Å². The summed E-state index contributed by atoms with van der Waals surface area (Å²) in [5, 5.41) is 3.00. The fraction of sp³-hybridized carbons (Fsp3) is 0.438. The molecule has 0 saturated carbocycles. The molecule has 0 saturated heterocycles. The molecule has 0 amide bonds. The Labute approximate surface area is 114 Å². The van der Waals surface area contributed by atoms with E-state index in [2.05, 4.69) is 44.9 Å². The van der Waals surface area contributed by atoms with Gasteiger partial charge in [-0.3, -0.25) is 14.6 Å². The number of benzene rings is 1. The molecule has 19 heavy (non-hydrogen) atoms. The second kappa shape index (κ2) is 5.08. The van der Waals surface area contributed by atoms with Crippen molar-refractivity contribution < 1.29 is 0 Å². The lowest BCUT2D eigenvalue weighted by Gasteiger charge is -2.24. The van der Waals surface area contributed by atoms with Gasteiger partial charge in [0.1, 0.15) is 0 Å². The first-order valence-corrected chi connectivity index (χ1v) is 6.85. The Balaban J connectivity index is 2.71. The molecule has 0 spiro atoms.